The van der Waals surface area contributed by atoms with E-state index in [1.807, 2.05) is 0 Å². The molecule has 1 aliphatic carbocycles. The Morgan fingerprint density at radius 1 is 0.533 bits per heavy atom. The summed E-state index contributed by atoms with van der Waals surface area (Å²) in [6, 6.07) is 27.0. The quantitative estimate of drug-likeness (QED) is 0.284. The predicted molar refractivity (Wildman–Crippen MR) is 130 cm³/mol. The van der Waals surface area contributed by atoms with Crippen LogP contribution in [0.15, 0.2) is 72.8 Å². The van der Waals surface area contributed by atoms with Crippen molar-refractivity contribution < 1.29 is 0 Å². The molecule has 0 unspecified atom stereocenters. The third-order valence-electron chi connectivity index (χ3n) is 6.46. The average molecular weight is 390 g/mol. The van der Waals surface area contributed by atoms with Gasteiger partial charge in [0, 0.05) is 25.3 Å². The first kappa shape index (κ1) is 18.7. The Bertz CT molecular complexity index is 1290. The maximum Gasteiger partial charge on any atom is 0.0450 e. The zero-order chi connectivity index (χ0) is 21.0. The molecule has 148 valence electrons. The van der Waals surface area contributed by atoms with Gasteiger partial charge in [-0.25, -0.2) is 0 Å². The Balaban J connectivity index is 2.06. The molecule has 1 heteroatoms. The molecule has 0 aromatic heterocycles. The van der Waals surface area contributed by atoms with Crippen LogP contribution in [0.3, 0.4) is 0 Å². The molecule has 0 fully saturated rings. The van der Waals surface area contributed by atoms with E-state index in [1.165, 1.54) is 66.9 Å². The highest BCUT2D eigenvalue weighted by molar-refractivity contribution is 6.07. The predicted octanol–water partition coefficient (Wildman–Crippen LogP) is 7.66. The number of aryl methyl sites for hydroxylation is 2. The van der Waals surface area contributed by atoms with Crippen LogP contribution >= 0.6 is 0 Å². The summed E-state index contributed by atoms with van der Waals surface area (Å²) in [5.74, 6) is 0. The summed E-state index contributed by atoms with van der Waals surface area (Å²) < 4.78 is 0. The Morgan fingerprint density at radius 3 is 1.70 bits per heavy atom. The van der Waals surface area contributed by atoms with Crippen LogP contribution in [-0.4, -0.2) is 14.1 Å². The van der Waals surface area contributed by atoms with Gasteiger partial charge in [-0.05, 0) is 76.9 Å². The zero-order valence-electron chi connectivity index (χ0n) is 18.4. The number of benzene rings is 4. The van der Waals surface area contributed by atoms with Crippen LogP contribution in [0.5, 0.6) is 0 Å². The molecule has 0 aliphatic heterocycles. The summed E-state index contributed by atoms with van der Waals surface area (Å²) >= 11 is 0. The van der Waals surface area contributed by atoms with Gasteiger partial charge in [-0.2, -0.15) is 0 Å². The minimum atomic E-state index is 1.27. The van der Waals surface area contributed by atoms with Gasteiger partial charge in [0.15, 0.2) is 0 Å². The first-order chi connectivity index (χ1) is 14.5. The number of rotatable bonds is 1. The molecule has 0 spiro atoms. The lowest BCUT2D eigenvalue weighted by atomic mass is 9.77. The Labute approximate surface area is 179 Å². The van der Waals surface area contributed by atoms with E-state index in [-0.39, 0.29) is 0 Å². The molecule has 0 atom stereocenters. The van der Waals surface area contributed by atoms with E-state index in [0.717, 1.165) is 0 Å². The largest absolute Gasteiger partial charge is 0.377 e. The first-order valence-corrected chi connectivity index (χ1v) is 10.6. The van der Waals surface area contributed by atoms with E-state index in [9.17, 15) is 0 Å². The normalized spacial score (nSPS) is 11.5. The molecule has 0 bridgehead atoms. The van der Waals surface area contributed by atoms with Gasteiger partial charge in [-0.15, -0.1) is 0 Å². The van der Waals surface area contributed by atoms with Gasteiger partial charge >= 0.3 is 0 Å². The molecule has 1 nitrogen and oxygen atoms in total. The number of hydrogen-bond donors (Lipinski definition) is 0. The summed E-state index contributed by atoms with van der Waals surface area (Å²) in [5, 5.41) is 0. The van der Waals surface area contributed by atoms with E-state index >= 15 is 0 Å². The van der Waals surface area contributed by atoms with Gasteiger partial charge in [0.25, 0.3) is 0 Å². The second-order valence-corrected chi connectivity index (χ2v) is 8.62. The average Bonchev–Trinajstić information content (AvgIpc) is 2.74. The maximum absolute atomic E-state index is 2.34. The number of nitrogens with zero attached hydrogens (tertiary/aromatic N) is 1. The maximum atomic E-state index is 2.34. The van der Waals surface area contributed by atoms with Crippen molar-refractivity contribution in [3.05, 3.63) is 89.5 Å². The van der Waals surface area contributed by atoms with Crippen LogP contribution in [0.1, 0.15) is 16.7 Å². The van der Waals surface area contributed by atoms with Gasteiger partial charge in [0.05, 0.1) is 0 Å². The van der Waals surface area contributed by atoms with Gasteiger partial charge in [0.1, 0.15) is 0 Å². The van der Waals surface area contributed by atoms with Crippen molar-refractivity contribution in [2.45, 2.75) is 20.8 Å². The van der Waals surface area contributed by atoms with Crippen LogP contribution in [0.25, 0.3) is 44.5 Å². The molecule has 0 saturated carbocycles. The highest BCUT2D eigenvalue weighted by Gasteiger charge is 2.26. The Kier molecular flexibility index (Phi) is 4.29. The van der Waals surface area contributed by atoms with E-state index in [0.29, 0.717) is 0 Å². The van der Waals surface area contributed by atoms with Crippen LogP contribution in [0, 0.1) is 20.8 Å². The Hall–Kier alpha value is -3.32. The van der Waals surface area contributed by atoms with Crippen molar-refractivity contribution in [2.75, 3.05) is 19.0 Å². The van der Waals surface area contributed by atoms with E-state index < -0.39 is 0 Å². The van der Waals surface area contributed by atoms with Gasteiger partial charge in [-0.1, -0.05) is 72.3 Å². The Morgan fingerprint density at radius 2 is 1.07 bits per heavy atom. The summed E-state index contributed by atoms with van der Waals surface area (Å²) in [5.41, 5.74) is 15.8. The molecule has 4 aromatic carbocycles. The SMILES string of the molecule is Cc1ccc2c(c1)-c1ccccc1-c1c(C)c(C)cc(N(C)C)c1-c1ccccc1-2. The molecular weight excluding hydrogens is 362 g/mol. The third kappa shape index (κ3) is 2.69. The minimum Gasteiger partial charge on any atom is -0.377 e. The van der Waals surface area contributed by atoms with Crippen molar-refractivity contribution in [3.63, 3.8) is 0 Å². The van der Waals surface area contributed by atoms with E-state index in [2.05, 4.69) is 113 Å². The monoisotopic (exact) mass is 389 g/mol. The van der Waals surface area contributed by atoms with E-state index in [1.54, 1.807) is 0 Å². The smallest absolute Gasteiger partial charge is 0.0450 e. The highest BCUT2D eigenvalue weighted by Crippen LogP contribution is 2.51. The number of anilines is 1. The standard InChI is InChI=1S/C29H27N/c1-18-14-15-23-21-10-6-9-13-25(21)29-27(30(4)5)17-19(2)20(3)28(29)24-12-8-7-11-22(24)26(23)16-18/h6-17H,1-5H3. The fourth-order valence-electron chi connectivity index (χ4n) is 4.85. The van der Waals surface area contributed by atoms with Crippen LogP contribution in [0.4, 0.5) is 5.69 Å². The van der Waals surface area contributed by atoms with E-state index in [4.69, 9.17) is 0 Å². The minimum absolute atomic E-state index is 1.27. The molecule has 0 amide bonds. The molecule has 0 heterocycles. The molecule has 5 rings (SSSR count). The van der Waals surface area contributed by atoms with Crippen LogP contribution in [0.2, 0.25) is 0 Å². The third-order valence-corrected chi connectivity index (χ3v) is 6.46. The summed E-state index contributed by atoms with van der Waals surface area (Å²) in [7, 11) is 4.30. The molecule has 0 saturated heterocycles. The topological polar surface area (TPSA) is 3.24 Å². The van der Waals surface area contributed by atoms with Gasteiger partial charge in [0.2, 0.25) is 0 Å². The van der Waals surface area contributed by atoms with Crippen molar-refractivity contribution in [1.82, 2.24) is 0 Å². The fourth-order valence-corrected chi connectivity index (χ4v) is 4.85. The highest BCUT2D eigenvalue weighted by atomic mass is 15.1. The lowest BCUT2D eigenvalue weighted by Gasteiger charge is -2.29. The fraction of sp³-hybridized carbons (Fsp3) is 0.172. The van der Waals surface area contributed by atoms with Gasteiger partial charge in [-0.3, -0.25) is 0 Å². The van der Waals surface area contributed by atoms with Crippen molar-refractivity contribution >= 4 is 5.69 Å². The molecule has 0 N–H and O–H groups in total. The summed E-state index contributed by atoms with van der Waals surface area (Å²) in [6.45, 7) is 6.68. The second-order valence-electron chi connectivity index (χ2n) is 8.62. The van der Waals surface area contributed by atoms with Crippen molar-refractivity contribution in [3.8, 4) is 44.5 Å². The number of hydrogen-bond acceptors (Lipinski definition) is 1. The van der Waals surface area contributed by atoms with Gasteiger partial charge < -0.3 is 4.90 Å². The molecule has 0 radical (unpaired) electrons. The van der Waals surface area contributed by atoms with Crippen molar-refractivity contribution in [1.29, 1.82) is 0 Å². The number of fused-ring (bicyclic) bond motifs is 8. The molecule has 1 aliphatic rings. The van der Waals surface area contributed by atoms with Crippen LogP contribution < -0.4 is 4.90 Å². The second kappa shape index (κ2) is 6.88. The summed E-state index contributed by atoms with van der Waals surface area (Å²) in [6.07, 6.45) is 0. The lowest BCUT2D eigenvalue weighted by molar-refractivity contribution is 1.12. The van der Waals surface area contributed by atoms with Crippen molar-refractivity contribution in [2.24, 2.45) is 0 Å². The summed E-state index contributed by atoms with van der Waals surface area (Å²) in [4.78, 5) is 2.25. The lowest BCUT2D eigenvalue weighted by Crippen LogP contribution is -2.12. The molecule has 30 heavy (non-hydrogen) atoms. The zero-order valence-corrected chi connectivity index (χ0v) is 18.4. The molecular formula is C29H27N. The first-order valence-electron chi connectivity index (χ1n) is 10.6. The molecule has 4 aromatic rings. The van der Waals surface area contributed by atoms with Crippen LogP contribution in [-0.2, 0) is 0 Å².